The van der Waals surface area contributed by atoms with Crippen molar-refractivity contribution in [1.29, 1.82) is 0 Å². The molecule has 2 N–H and O–H groups in total. The number of rotatable bonds is 8. The standard InChI is InChI=1S/C20H20BrN5O3S/c1-3-26-19(13-4-7-16(29-2)8-5-13)24-25-20(26)30-12-18(28)23-22-11-14-10-15(21)6-9-17(14)27/h4-11,27H,3,12H2,1-2H3,(H,23,28)/b22-11-. The van der Waals surface area contributed by atoms with E-state index < -0.39 is 0 Å². The Labute approximate surface area is 186 Å². The molecule has 0 saturated heterocycles. The summed E-state index contributed by atoms with van der Waals surface area (Å²) >= 11 is 4.60. The van der Waals surface area contributed by atoms with E-state index in [0.29, 0.717) is 17.3 Å². The van der Waals surface area contributed by atoms with Gasteiger partial charge in [0.1, 0.15) is 11.5 Å². The van der Waals surface area contributed by atoms with E-state index in [1.807, 2.05) is 35.8 Å². The molecule has 0 aliphatic carbocycles. The Balaban J connectivity index is 1.61. The third-order valence-electron chi connectivity index (χ3n) is 4.10. The van der Waals surface area contributed by atoms with E-state index in [2.05, 4.69) is 36.7 Å². The normalized spacial score (nSPS) is 11.0. The molecule has 0 saturated carbocycles. The summed E-state index contributed by atoms with van der Waals surface area (Å²) < 4.78 is 7.93. The summed E-state index contributed by atoms with van der Waals surface area (Å²) in [6.45, 7) is 2.66. The zero-order valence-electron chi connectivity index (χ0n) is 16.4. The van der Waals surface area contributed by atoms with Gasteiger partial charge in [0.05, 0.1) is 19.1 Å². The Morgan fingerprint density at radius 3 is 2.77 bits per heavy atom. The van der Waals surface area contributed by atoms with Crippen molar-refractivity contribution in [2.45, 2.75) is 18.6 Å². The maximum Gasteiger partial charge on any atom is 0.250 e. The number of aromatic nitrogens is 3. The fourth-order valence-electron chi connectivity index (χ4n) is 2.60. The topological polar surface area (TPSA) is 102 Å². The molecule has 0 spiro atoms. The van der Waals surface area contributed by atoms with Crippen molar-refractivity contribution in [3.8, 4) is 22.9 Å². The average Bonchev–Trinajstić information content (AvgIpc) is 3.17. The van der Waals surface area contributed by atoms with Gasteiger partial charge in [0, 0.05) is 22.1 Å². The van der Waals surface area contributed by atoms with Gasteiger partial charge in [-0.05, 0) is 49.4 Å². The second-order valence-electron chi connectivity index (χ2n) is 6.06. The van der Waals surface area contributed by atoms with Crippen LogP contribution in [-0.2, 0) is 11.3 Å². The fraction of sp³-hybridized carbons (Fsp3) is 0.200. The third kappa shape index (κ3) is 5.39. The second-order valence-corrected chi connectivity index (χ2v) is 7.92. The number of ether oxygens (including phenoxy) is 1. The minimum atomic E-state index is -0.289. The fourth-order valence-corrected chi connectivity index (χ4v) is 3.77. The summed E-state index contributed by atoms with van der Waals surface area (Å²) in [6.07, 6.45) is 1.39. The molecule has 1 aromatic heterocycles. The van der Waals surface area contributed by atoms with Crippen LogP contribution >= 0.6 is 27.7 Å². The van der Waals surface area contributed by atoms with Crippen molar-refractivity contribution in [3.63, 3.8) is 0 Å². The van der Waals surface area contributed by atoms with E-state index in [1.165, 1.54) is 18.0 Å². The molecule has 0 unspecified atom stereocenters. The third-order valence-corrected chi connectivity index (χ3v) is 5.56. The molecule has 8 nitrogen and oxygen atoms in total. The first-order valence-electron chi connectivity index (χ1n) is 9.02. The molecule has 0 fully saturated rings. The molecular formula is C20H20BrN5O3S. The number of aromatic hydroxyl groups is 1. The first-order chi connectivity index (χ1) is 14.5. The highest BCUT2D eigenvalue weighted by Crippen LogP contribution is 2.25. The first-order valence-corrected chi connectivity index (χ1v) is 10.8. The summed E-state index contributed by atoms with van der Waals surface area (Å²) in [5.74, 6) is 1.41. The number of thioether (sulfide) groups is 1. The van der Waals surface area contributed by atoms with Crippen LogP contribution in [0, 0.1) is 0 Å². The number of hydrazone groups is 1. The number of carbonyl (C=O) groups excluding carboxylic acids is 1. The number of benzene rings is 2. The van der Waals surface area contributed by atoms with Gasteiger partial charge in [0.2, 0.25) is 0 Å². The number of nitrogens with one attached hydrogen (secondary N) is 1. The lowest BCUT2D eigenvalue weighted by Gasteiger charge is -2.07. The number of nitrogens with zero attached hydrogens (tertiary/aromatic N) is 4. The van der Waals surface area contributed by atoms with Gasteiger partial charge in [0.15, 0.2) is 11.0 Å². The smallest absolute Gasteiger partial charge is 0.250 e. The molecule has 0 bridgehead atoms. The summed E-state index contributed by atoms with van der Waals surface area (Å²) in [4.78, 5) is 12.1. The Morgan fingerprint density at radius 2 is 2.07 bits per heavy atom. The van der Waals surface area contributed by atoms with Crippen LogP contribution in [0.4, 0.5) is 0 Å². The number of carbonyl (C=O) groups is 1. The monoisotopic (exact) mass is 489 g/mol. The molecule has 30 heavy (non-hydrogen) atoms. The summed E-state index contributed by atoms with van der Waals surface area (Å²) in [7, 11) is 1.62. The quantitative estimate of drug-likeness (QED) is 0.284. The highest BCUT2D eigenvalue weighted by atomic mass is 79.9. The molecule has 1 amide bonds. The van der Waals surface area contributed by atoms with Gasteiger partial charge in [-0.15, -0.1) is 10.2 Å². The molecule has 0 aliphatic heterocycles. The molecule has 3 rings (SSSR count). The van der Waals surface area contributed by atoms with Crippen molar-refractivity contribution in [1.82, 2.24) is 20.2 Å². The second kappa shape index (κ2) is 10.3. The molecular weight excluding hydrogens is 470 g/mol. The van der Waals surface area contributed by atoms with Crippen molar-refractivity contribution < 1.29 is 14.6 Å². The van der Waals surface area contributed by atoms with Gasteiger partial charge in [-0.2, -0.15) is 5.10 Å². The largest absolute Gasteiger partial charge is 0.507 e. The van der Waals surface area contributed by atoms with Crippen molar-refractivity contribution in [3.05, 3.63) is 52.5 Å². The zero-order chi connectivity index (χ0) is 21.5. The van der Waals surface area contributed by atoms with E-state index >= 15 is 0 Å². The van der Waals surface area contributed by atoms with Crippen LogP contribution in [0.25, 0.3) is 11.4 Å². The van der Waals surface area contributed by atoms with Gasteiger partial charge in [-0.1, -0.05) is 27.7 Å². The molecule has 2 aromatic carbocycles. The number of hydrogen-bond donors (Lipinski definition) is 2. The molecule has 0 radical (unpaired) electrons. The Bertz CT molecular complexity index is 1050. The Hall–Kier alpha value is -2.85. The summed E-state index contributed by atoms with van der Waals surface area (Å²) in [5.41, 5.74) is 3.86. The SMILES string of the molecule is CCn1c(SCC(=O)N/N=C\c2cc(Br)ccc2O)nnc1-c1ccc(OC)cc1. The maximum atomic E-state index is 12.1. The van der Waals surface area contributed by atoms with E-state index in [-0.39, 0.29) is 17.4 Å². The number of phenols is 1. The molecule has 0 aliphatic rings. The van der Waals surface area contributed by atoms with Crippen LogP contribution in [0.1, 0.15) is 12.5 Å². The minimum Gasteiger partial charge on any atom is -0.507 e. The summed E-state index contributed by atoms with van der Waals surface area (Å²) in [6, 6.07) is 12.5. The Morgan fingerprint density at radius 1 is 1.30 bits per heavy atom. The molecule has 0 atom stereocenters. The van der Waals surface area contributed by atoms with Crippen LogP contribution < -0.4 is 10.2 Å². The highest BCUT2D eigenvalue weighted by molar-refractivity contribution is 9.10. The number of methoxy groups -OCH3 is 1. The van der Waals surface area contributed by atoms with Gasteiger partial charge in [0.25, 0.3) is 5.91 Å². The molecule has 156 valence electrons. The van der Waals surface area contributed by atoms with Crippen LogP contribution in [0.2, 0.25) is 0 Å². The minimum absolute atomic E-state index is 0.0766. The zero-order valence-corrected chi connectivity index (χ0v) is 18.8. The average molecular weight is 490 g/mol. The molecule has 10 heteroatoms. The summed E-state index contributed by atoms with van der Waals surface area (Å²) in [5, 5.41) is 22.8. The highest BCUT2D eigenvalue weighted by Gasteiger charge is 2.14. The van der Waals surface area contributed by atoms with Crippen molar-refractivity contribution in [2.75, 3.05) is 12.9 Å². The van der Waals surface area contributed by atoms with Crippen molar-refractivity contribution >= 4 is 39.8 Å². The predicted molar refractivity (Wildman–Crippen MR) is 120 cm³/mol. The molecule has 3 aromatic rings. The van der Waals surface area contributed by atoms with Crippen LogP contribution in [0.15, 0.2) is 57.2 Å². The number of halogens is 1. The van der Waals surface area contributed by atoms with Crippen LogP contribution in [-0.4, -0.2) is 44.9 Å². The van der Waals surface area contributed by atoms with E-state index in [1.54, 1.807) is 25.3 Å². The van der Waals surface area contributed by atoms with Gasteiger partial charge < -0.3 is 14.4 Å². The lowest BCUT2D eigenvalue weighted by Crippen LogP contribution is -2.20. The van der Waals surface area contributed by atoms with Crippen LogP contribution in [0.3, 0.4) is 0 Å². The lowest BCUT2D eigenvalue weighted by atomic mass is 10.2. The van der Waals surface area contributed by atoms with E-state index in [0.717, 1.165) is 21.6 Å². The van der Waals surface area contributed by atoms with Crippen molar-refractivity contribution in [2.24, 2.45) is 5.10 Å². The maximum absolute atomic E-state index is 12.1. The number of phenolic OH excluding ortho intramolecular Hbond substituents is 1. The van der Waals surface area contributed by atoms with Gasteiger partial charge in [-0.3, -0.25) is 4.79 Å². The number of hydrogen-bond acceptors (Lipinski definition) is 7. The lowest BCUT2D eigenvalue weighted by molar-refractivity contribution is -0.118. The van der Waals surface area contributed by atoms with Gasteiger partial charge in [-0.25, -0.2) is 5.43 Å². The first kappa shape index (κ1) is 21.8. The number of amides is 1. The molecule has 1 heterocycles. The van der Waals surface area contributed by atoms with E-state index in [4.69, 9.17) is 4.74 Å². The Kier molecular flexibility index (Phi) is 7.47. The van der Waals surface area contributed by atoms with Crippen LogP contribution in [0.5, 0.6) is 11.5 Å². The van der Waals surface area contributed by atoms with Gasteiger partial charge >= 0.3 is 0 Å². The predicted octanol–water partition coefficient (Wildman–Crippen LogP) is 3.68. The van der Waals surface area contributed by atoms with E-state index in [9.17, 15) is 9.90 Å².